The van der Waals surface area contributed by atoms with Crippen LogP contribution in [0.2, 0.25) is 0 Å². The summed E-state index contributed by atoms with van der Waals surface area (Å²) in [6.45, 7) is 3.98. The first-order valence-electron chi connectivity index (χ1n) is 7.36. The second-order valence-electron chi connectivity index (χ2n) is 5.47. The first-order valence-corrected chi connectivity index (χ1v) is 7.36. The van der Waals surface area contributed by atoms with Crippen LogP contribution in [0.1, 0.15) is 18.3 Å². The summed E-state index contributed by atoms with van der Waals surface area (Å²) < 4.78 is 2.02. The second-order valence-corrected chi connectivity index (χ2v) is 5.47. The van der Waals surface area contributed by atoms with Gasteiger partial charge in [0.1, 0.15) is 0 Å². The lowest BCUT2D eigenvalue weighted by molar-refractivity contribution is 0.503. The van der Waals surface area contributed by atoms with E-state index < -0.39 is 0 Å². The molecule has 0 unspecified atom stereocenters. The number of hydrogen-bond acceptors (Lipinski definition) is 3. The highest BCUT2D eigenvalue weighted by Gasteiger charge is 2.06. The molecule has 0 saturated carbocycles. The van der Waals surface area contributed by atoms with Gasteiger partial charge < -0.3 is 5.32 Å². The van der Waals surface area contributed by atoms with Gasteiger partial charge in [-0.05, 0) is 36.6 Å². The van der Waals surface area contributed by atoms with Gasteiger partial charge in [-0.25, -0.2) is 0 Å². The van der Waals surface area contributed by atoms with E-state index in [2.05, 4.69) is 52.8 Å². The summed E-state index contributed by atoms with van der Waals surface area (Å²) in [6.07, 6.45) is 3.09. The van der Waals surface area contributed by atoms with Gasteiger partial charge in [0.2, 0.25) is 0 Å². The number of pyridine rings is 1. The Balaban J connectivity index is 1.52. The number of rotatable bonds is 6. The number of nitrogens with zero attached hydrogens (tertiary/aromatic N) is 3. The molecule has 21 heavy (non-hydrogen) atoms. The molecule has 3 aromatic rings. The van der Waals surface area contributed by atoms with Crippen molar-refractivity contribution < 1.29 is 0 Å². The Kier molecular flexibility index (Phi) is 4.26. The van der Waals surface area contributed by atoms with Crippen LogP contribution in [0.3, 0.4) is 0 Å². The van der Waals surface area contributed by atoms with Crippen molar-refractivity contribution >= 4 is 5.65 Å². The van der Waals surface area contributed by atoms with E-state index in [4.69, 9.17) is 0 Å². The molecular weight excluding hydrogens is 260 g/mol. The molecule has 3 rings (SSSR count). The average Bonchev–Trinajstić information content (AvgIpc) is 2.92. The van der Waals surface area contributed by atoms with Gasteiger partial charge in [-0.1, -0.05) is 43.3 Å². The van der Waals surface area contributed by atoms with Crippen LogP contribution in [-0.4, -0.2) is 21.1 Å². The number of fused-ring (bicyclic) bond motifs is 1. The molecule has 0 bridgehead atoms. The Morgan fingerprint density at radius 2 is 1.86 bits per heavy atom. The van der Waals surface area contributed by atoms with E-state index in [1.165, 1.54) is 5.56 Å². The lowest BCUT2D eigenvalue weighted by atomic mass is 10.0. The van der Waals surface area contributed by atoms with Gasteiger partial charge in [-0.2, -0.15) is 0 Å². The summed E-state index contributed by atoms with van der Waals surface area (Å²) in [7, 11) is 0. The lowest BCUT2D eigenvalue weighted by Gasteiger charge is -2.12. The van der Waals surface area contributed by atoms with Crippen molar-refractivity contribution in [3.05, 3.63) is 66.1 Å². The van der Waals surface area contributed by atoms with E-state index in [9.17, 15) is 0 Å². The summed E-state index contributed by atoms with van der Waals surface area (Å²) in [5, 5.41) is 11.9. The number of benzene rings is 1. The first-order chi connectivity index (χ1) is 10.3. The fourth-order valence-electron chi connectivity index (χ4n) is 2.53. The van der Waals surface area contributed by atoms with Crippen molar-refractivity contribution in [2.24, 2.45) is 5.92 Å². The maximum absolute atomic E-state index is 4.23. The minimum absolute atomic E-state index is 0.589. The number of aromatic nitrogens is 3. The van der Waals surface area contributed by atoms with Gasteiger partial charge in [0, 0.05) is 6.20 Å². The van der Waals surface area contributed by atoms with Crippen LogP contribution in [0.25, 0.3) is 5.65 Å². The summed E-state index contributed by atoms with van der Waals surface area (Å²) in [5.41, 5.74) is 2.28. The van der Waals surface area contributed by atoms with E-state index in [0.717, 1.165) is 31.0 Å². The Labute approximate surface area is 124 Å². The van der Waals surface area contributed by atoms with Gasteiger partial charge in [-0.15, -0.1) is 10.2 Å². The van der Waals surface area contributed by atoms with Crippen LogP contribution in [0.5, 0.6) is 0 Å². The van der Waals surface area contributed by atoms with E-state index in [-0.39, 0.29) is 0 Å². The molecule has 0 radical (unpaired) electrons. The van der Waals surface area contributed by atoms with E-state index in [1.807, 2.05) is 28.8 Å². The minimum Gasteiger partial charge on any atom is -0.310 e. The zero-order valence-electron chi connectivity index (χ0n) is 12.2. The molecule has 2 heterocycles. The topological polar surface area (TPSA) is 42.2 Å². The third kappa shape index (κ3) is 3.47. The van der Waals surface area contributed by atoms with Crippen LogP contribution >= 0.6 is 0 Å². The predicted molar refractivity (Wildman–Crippen MR) is 84.0 cm³/mol. The lowest BCUT2D eigenvalue weighted by Crippen LogP contribution is -2.23. The van der Waals surface area contributed by atoms with Crippen molar-refractivity contribution in [3.8, 4) is 0 Å². The minimum atomic E-state index is 0.589. The largest absolute Gasteiger partial charge is 0.310 e. The molecule has 0 amide bonds. The molecular formula is C17H20N4. The monoisotopic (exact) mass is 280 g/mol. The molecule has 1 aromatic carbocycles. The molecule has 4 nitrogen and oxygen atoms in total. The molecule has 108 valence electrons. The first kappa shape index (κ1) is 13.8. The third-order valence-electron chi connectivity index (χ3n) is 3.59. The molecule has 2 aromatic heterocycles. The van der Waals surface area contributed by atoms with Crippen LogP contribution in [0, 0.1) is 5.92 Å². The molecule has 1 N–H and O–H groups in total. The zero-order valence-corrected chi connectivity index (χ0v) is 12.2. The van der Waals surface area contributed by atoms with E-state index >= 15 is 0 Å². The highest BCUT2D eigenvalue weighted by atomic mass is 15.3. The van der Waals surface area contributed by atoms with Crippen molar-refractivity contribution in [3.63, 3.8) is 0 Å². The maximum Gasteiger partial charge on any atom is 0.160 e. The van der Waals surface area contributed by atoms with Gasteiger partial charge >= 0.3 is 0 Å². The van der Waals surface area contributed by atoms with Crippen LogP contribution in [-0.2, 0) is 13.0 Å². The third-order valence-corrected chi connectivity index (χ3v) is 3.59. The SMILES string of the molecule is C[C@H](CNCc1nnc2ccccn12)Cc1ccccc1. The molecule has 0 aliphatic rings. The van der Waals surface area contributed by atoms with Crippen molar-refractivity contribution in [1.82, 2.24) is 19.9 Å². The second kappa shape index (κ2) is 6.50. The predicted octanol–water partition coefficient (Wildman–Crippen LogP) is 2.70. The summed E-state index contributed by atoms with van der Waals surface area (Å²) in [6, 6.07) is 16.6. The van der Waals surface area contributed by atoms with Gasteiger partial charge in [0.15, 0.2) is 11.5 Å². The van der Waals surface area contributed by atoms with Crippen LogP contribution in [0.15, 0.2) is 54.7 Å². The Hall–Kier alpha value is -2.20. The van der Waals surface area contributed by atoms with Gasteiger partial charge in [0.05, 0.1) is 6.54 Å². The maximum atomic E-state index is 4.23. The standard InChI is InChI=1S/C17H20N4/c1-14(11-15-7-3-2-4-8-15)12-18-13-17-20-19-16-9-5-6-10-21(16)17/h2-10,14,18H,11-13H2,1H3/t14-/m0/s1. The van der Waals surface area contributed by atoms with Gasteiger partial charge in [-0.3, -0.25) is 4.40 Å². The zero-order chi connectivity index (χ0) is 14.5. The van der Waals surface area contributed by atoms with E-state index in [1.54, 1.807) is 0 Å². The fourth-order valence-corrected chi connectivity index (χ4v) is 2.53. The molecule has 0 spiro atoms. The van der Waals surface area contributed by atoms with Gasteiger partial charge in [0.25, 0.3) is 0 Å². The van der Waals surface area contributed by atoms with Crippen molar-refractivity contribution in [2.75, 3.05) is 6.54 Å². The van der Waals surface area contributed by atoms with Crippen LogP contribution < -0.4 is 5.32 Å². The molecule has 1 atom stereocenters. The van der Waals surface area contributed by atoms with E-state index in [0.29, 0.717) is 5.92 Å². The summed E-state index contributed by atoms with van der Waals surface area (Å²) in [4.78, 5) is 0. The summed E-state index contributed by atoms with van der Waals surface area (Å²) in [5.74, 6) is 1.55. The molecule has 0 aliphatic carbocycles. The Morgan fingerprint density at radius 1 is 1.05 bits per heavy atom. The summed E-state index contributed by atoms with van der Waals surface area (Å²) >= 11 is 0. The highest BCUT2D eigenvalue weighted by Crippen LogP contribution is 2.08. The normalized spacial score (nSPS) is 12.6. The molecule has 0 fully saturated rings. The van der Waals surface area contributed by atoms with Crippen molar-refractivity contribution in [1.29, 1.82) is 0 Å². The molecule has 0 saturated heterocycles. The molecule has 4 heteroatoms. The molecule has 0 aliphatic heterocycles. The average molecular weight is 280 g/mol. The Bertz CT molecular complexity index is 690. The highest BCUT2D eigenvalue weighted by molar-refractivity contribution is 5.36. The number of nitrogens with one attached hydrogen (secondary N) is 1. The van der Waals surface area contributed by atoms with Crippen molar-refractivity contribution in [2.45, 2.75) is 19.9 Å². The fraction of sp³-hybridized carbons (Fsp3) is 0.294. The number of hydrogen-bond donors (Lipinski definition) is 1. The smallest absolute Gasteiger partial charge is 0.160 e. The quantitative estimate of drug-likeness (QED) is 0.755. The van der Waals surface area contributed by atoms with Crippen LogP contribution in [0.4, 0.5) is 0 Å². The Morgan fingerprint density at radius 3 is 2.71 bits per heavy atom.